The third-order valence-corrected chi connectivity index (χ3v) is 6.74. The van der Waals surface area contributed by atoms with Crippen LogP contribution in [0, 0.1) is 0 Å². The van der Waals surface area contributed by atoms with Gasteiger partial charge < -0.3 is 10.3 Å². The molecule has 2 aromatic carbocycles. The van der Waals surface area contributed by atoms with Crippen LogP contribution >= 0.6 is 0 Å². The maximum absolute atomic E-state index is 12.1. The lowest BCUT2D eigenvalue weighted by molar-refractivity contribution is -0.121. The molecule has 0 aliphatic carbocycles. The van der Waals surface area contributed by atoms with Crippen LogP contribution in [0.3, 0.4) is 0 Å². The number of amides is 1. The number of aryl methyl sites for hydroxylation is 1. The fraction of sp³-hybridized carbons (Fsp3) is 0.348. The highest BCUT2D eigenvalue weighted by molar-refractivity contribution is 7.90. The fourth-order valence-corrected chi connectivity index (χ4v) is 4.96. The van der Waals surface area contributed by atoms with Crippen LogP contribution in [-0.4, -0.2) is 43.2 Å². The molecule has 1 aromatic heterocycles. The number of imidazole rings is 1. The number of hydrogen-bond donors (Lipinski definition) is 3. The number of benzene rings is 2. The predicted octanol–water partition coefficient (Wildman–Crippen LogP) is 2.91. The number of H-pyrrole nitrogens is 1. The van der Waals surface area contributed by atoms with Crippen molar-refractivity contribution in [2.24, 2.45) is 4.99 Å². The molecule has 4 rings (SSSR count). The van der Waals surface area contributed by atoms with Gasteiger partial charge in [-0.3, -0.25) is 14.5 Å². The van der Waals surface area contributed by atoms with Crippen molar-refractivity contribution in [2.45, 2.75) is 43.4 Å². The van der Waals surface area contributed by atoms with Gasteiger partial charge in [-0.15, -0.1) is 0 Å². The Balaban J connectivity index is 1.09. The van der Waals surface area contributed by atoms with Crippen LogP contribution in [0.2, 0.25) is 0 Å². The number of fused-ring (bicyclic) bond motifs is 2. The summed E-state index contributed by atoms with van der Waals surface area (Å²) < 4.78 is 26.6. The maximum atomic E-state index is 12.1. The van der Waals surface area contributed by atoms with Crippen LogP contribution < -0.4 is 10.0 Å². The van der Waals surface area contributed by atoms with E-state index < -0.39 is 10.0 Å². The second-order valence-corrected chi connectivity index (χ2v) is 9.45. The molecule has 9 heteroatoms. The van der Waals surface area contributed by atoms with Crippen LogP contribution in [0.5, 0.6) is 0 Å². The molecule has 0 unspecified atom stereocenters. The lowest BCUT2D eigenvalue weighted by Crippen LogP contribution is -2.24. The number of sulfonamides is 1. The van der Waals surface area contributed by atoms with Crippen molar-refractivity contribution in [1.82, 2.24) is 20.0 Å². The summed E-state index contributed by atoms with van der Waals surface area (Å²) in [7, 11) is -3.49. The highest BCUT2D eigenvalue weighted by Crippen LogP contribution is 2.22. The lowest BCUT2D eigenvalue weighted by Gasteiger charge is -2.04. The normalized spacial score (nSPS) is 15.6. The van der Waals surface area contributed by atoms with E-state index in [1.807, 2.05) is 24.3 Å². The van der Waals surface area contributed by atoms with Gasteiger partial charge in [-0.25, -0.2) is 13.4 Å². The summed E-state index contributed by atoms with van der Waals surface area (Å²) in [6, 6.07) is 14.8. The molecule has 2 heterocycles. The molecule has 0 radical (unpaired) electrons. The summed E-state index contributed by atoms with van der Waals surface area (Å²) in [5, 5.41) is 2.96. The standard InChI is InChI=1S/C23H27N5O3S/c29-22(24-16-8-13-21-26-18-10-4-5-11-19(18)27-21)14-2-1-7-15-25-23-17-9-3-6-12-20(17)32(30,31)28-23/h3-6,9-12H,1-2,7-8,13-16H2,(H,24,29)(H,25,28)(H,26,27). The second kappa shape index (κ2) is 9.95. The molecule has 0 saturated carbocycles. The SMILES string of the molecule is O=C(CCCCCN=C1NS(=O)(=O)c2ccccc21)NCCCc1nc2ccccc2[nH]1. The van der Waals surface area contributed by atoms with E-state index in [-0.39, 0.29) is 10.8 Å². The van der Waals surface area contributed by atoms with Crippen LogP contribution in [0.15, 0.2) is 58.4 Å². The number of rotatable bonds is 10. The molecule has 8 nitrogen and oxygen atoms in total. The number of nitrogens with zero attached hydrogens (tertiary/aromatic N) is 2. The minimum Gasteiger partial charge on any atom is -0.356 e. The first-order valence-corrected chi connectivity index (χ1v) is 12.4. The monoisotopic (exact) mass is 453 g/mol. The largest absolute Gasteiger partial charge is 0.356 e. The number of aromatic amines is 1. The van der Waals surface area contributed by atoms with Crippen molar-refractivity contribution in [2.75, 3.05) is 13.1 Å². The molecule has 0 fully saturated rings. The third kappa shape index (κ3) is 5.34. The van der Waals surface area contributed by atoms with Crippen molar-refractivity contribution in [3.63, 3.8) is 0 Å². The van der Waals surface area contributed by atoms with Gasteiger partial charge in [0.2, 0.25) is 5.91 Å². The van der Waals surface area contributed by atoms with E-state index in [0.29, 0.717) is 30.9 Å². The molecule has 0 bridgehead atoms. The van der Waals surface area contributed by atoms with Crippen molar-refractivity contribution >= 4 is 32.8 Å². The van der Waals surface area contributed by atoms with Gasteiger partial charge in [0.1, 0.15) is 11.7 Å². The third-order valence-electron chi connectivity index (χ3n) is 5.35. The topological polar surface area (TPSA) is 116 Å². The van der Waals surface area contributed by atoms with Gasteiger partial charge in [-0.2, -0.15) is 0 Å². The summed E-state index contributed by atoms with van der Waals surface area (Å²) in [6.07, 6.45) is 4.55. The number of para-hydroxylation sites is 2. The van der Waals surface area contributed by atoms with Gasteiger partial charge in [0.05, 0.1) is 15.9 Å². The Morgan fingerprint density at radius 1 is 1.00 bits per heavy atom. The minimum atomic E-state index is -3.49. The number of carbonyl (C=O) groups excluding carboxylic acids is 1. The highest BCUT2D eigenvalue weighted by Gasteiger charge is 2.29. The summed E-state index contributed by atoms with van der Waals surface area (Å²) >= 11 is 0. The zero-order valence-electron chi connectivity index (χ0n) is 17.8. The maximum Gasteiger partial charge on any atom is 0.263 e. The number of carbonyl (C=O) groups is 1. The Kier molecular flexibility index (Phi) is 6.84. The summed E-state index contributed by atoms with van der Waals surface area (Å²) in [5.41, 5.74) is 2.62. The van der Waals surface area contributed by atoms with Crippen molar-refractivity contribution in [1.29, 1.82) is 0 Å². The molecule has 1 amide bonds. The van der Waals surface area contributed by atoms with E-state index in [0.717, 1.165) is 49.0 Å². The van der Waals surface area contributed by atoms with E-state index in [1.165, 1.54) is 0 Å². The molecular weight excluding hydrogens is 426 g/mol. The average Bonchev–Trinajstić information content (AvgIpc) is 3.32. The number of amidine groups is 1. The van der Waals surface area contributed by atoms with Crippen molar-refractivity contribution in [3.8, 4) is 0 Å². The number of aliphatic imine (C=N–C) groups is 1. The average molecular weight is 454 g/mol. The van der Waals surface area contributed by atoms with Crippen molar-refractivity contribution < 1.29 is 13.2 Å². The van der Waals surface area contributed by atoms with Crippen molar-refractivity contribution in [3.05, 3.63) is 59.9 Å². The summed E-state index contributed by atoms with van der Waals surface area (Å²) in [4.78, 5) is 24.5. The Hall–Kier alpha value is -3.20. The first kappa shape index (κ1) is 22.0. The van der Waals surface area contributed by atoms with E-state index in [9.17, 15) is 13.2 Å². The Morgan fingerprint density at radius 2 is 1.81 bits per heavy atom. The Morgan fingerprint density at radius 3 is 2.69 bits per heavy atom. The van der Waals surface area contributed by atoms with Crippen LogP contribution in [0.25, 0.3) is 11.0 Å². The quantitative estimate of drug-likeness (QED) is 0.409. The van der Waals surface area contributed by atoms with Gasteiger partial charge in [-0.1, -0.05) is 30.7 Å². The molecule has 168 valence electrons. The Bertz CT molecular complexity index is 1200. The zero-order valence-corrected chi connectivity index (χ0v) is 18.6. The molecule has 3 N–H and O–H groups in total. The van der Waals surface area contributed by atoms with E-state index in [1.54, 1.807) is 24.3 Å². The van der Waals surface area contributed by atoms with Gasteiger partial charge in [-0.05, 0) is 43.5 Å². The molecule has 1 aliphatic heterocycles. The first-order chi connectivity index (χ1) is 15.5. The van der Waals surface area contributed by atoms with Crippen LogP contribution in [-0.2, 0) is 21.2 Å². The molecule has 3 aromatic rings. The highest BCUT2D eigenvalue weighted by atomic mass is 32.2. The van der Waals surface area contributed by atoms with Gasteiger partial charge in [0.25, 0.3) is 10.0 Å². The number of aromatic nitrogens is 2. The molecule has 0 atom stereocenters. The molecule has 0 spiro atoms. The summed E-state index contributed by atoms with van der Waals surface area (Å²) in [6.45, 7) is 1.15. The smallest absolute Gasteiger partial charge is 0.263 e. The van der Waals surface area contributed by atoms with E-state index in [2.05, 4.69) is 25.0 Å². The molecule has 1 aliphatic rings. The second-order valence-electron chi connectivity index (χ2n) is 7.80. The molecule has 0 saturated heterocycles. The predicted molar refractivity (Wildman–Crippen MR) is 124 cm³/mol. The Labute approximate surface area is 187 Å². The van der Waals surface area contributed by atoms with Crippen LogP contribution in [0.4, 0.5) is 0 Å². The molecule has 32 heavy (non-hydrogen) atoms. The van der Waals surface area contributed by atoms with Crippen LogP contribution in [0.1, 0.15) is 43.5 Å². The number of nitrogens with one attached hydrogen (secondary N) is 3. The lowest BCUT2D eigenvalue weighted by atomic mass is 10.2. The summed E-state index contributed by atoms with van der Waals surface area (Å²) in [5.74, 6) is 1.40. The van der Waals surface area contributed by atoms with E-state index >= 15 is 0 Å². The fourth-order valence-electron chi connectivity index (χ4n) is 3.71. The van der Waals surface area contributed by atoms with Gasteiger partial charge in [0.15, 0.2) is 0 Å². The number of hydrogen-bond acceptors (Lipinski definition) is 5. The molecular formula is C23H27N5O3S. The van der Waals surface area contributed by atoms with Gasteiger partial charge in [0, 0.05) is 31.5 Å². The minimum absolute atomic E-state index is 0.0541. The zero-order chi connectivity index (χ0) is 22.4. The van der Waals surface area contributed by atoms with Gasteiger partial charge >= 0.3 is 0 Å². The van der Waals surface area contributed by atoms with E-state index in [4.69, 9.17) is 0 Å². The number of unbranched alkanes of at least 4 members (excludes halogenated alkanes) is 2. The first-order valence-electron chi connectivity index (χ1n) is 10.9.